The predicted molar refractivity (Wildman–Crippen MR) is 268 cm³/mol. The smallest absolute Gasteiger partial charge is 0.274 e. The van der Waals surface area contributed by atoms with Gasteiger partial charge < -0.3 is 54.8 Å². The number of aliphatic imine (C=N–C) groups is 3. The van der Waals surface area contributed by atoms with Gasteiger partial charge in [0.05, 0.1) is 32.5 Å². The number of anilines is 4. The summed E-state index contributed by atoms with van der Waals surface area (Å²) in [4.78, 5) is 90.9. The highest BCUT2D eigenvalue weighted by atomic mass is 35.5. The van der Waals surface area contributed by atoms with Gasteiger partial charge in [-0.25, -0.2) is 0 Å². The number of hydrogen-bond acceptors (Lipinski definition) is 11. The van der Waals surface area contributed by atoms with Crippen LogP contribution in [0.2, 0.25) is 10.0 Å². The van der Waals surface area contributed by atoms with Crippen molar-refractivity contribution in [3.8, 4) is 0 Å². The van der Waals surface area contributed by atoms with Crippen LogP contribution < -0.4 is 54.8 Å². The highest BCUT2D eigenvalue weighted by Gasteiger charge is 2.23. The minimum Gasteiger partial charge on any atom is -0.370 e. The standard InChI is InChI=1S/C43H59Cl2N13O6S2/c1-3-26-12-15-51-34(41(64)58-33-23-28(45)21-31(39(33)66-19-17-52-35(60)4-2)56-37(62)11-7-9-14-54-43(48)49)24-29(26)40(63)57-32-22-27(44)20-30(38(32)65-18-16-50-25-59)55-36(61)10-6-5-8-13-53-42(46)47/h15,20-25H,3-14,16-19H2,1-2H3,(H,50,59)(H,52,60)(H,55,61)(H,56,62)(H,57,63)(H,58,64)(H4,46,47,53)(H4,48,49,54). The molecule has 1 heterocycles. The zero-order valence-electron chi connectivity index (χ0n) is 37.0. The summed E-state index contributed by atoms with van der Waals surface area (Å²) in [7, 11) is 0. The number of nitrogens with two attached hydrogens (primary N) is 4. The fourth-order valence-electron chi connectivity index (χ4n) is 6.12. The first-order chi connectivity index (χ1) is 31.6. The van der Waals surface area contributed by atoms with E-state index in [9.17, 15) is 28.8 Å². The molecule has 0 unspecified atom stereocenters. The third-order valence-electron chi connectivity index (χ3n) is 9.32. The van der Waals surface area contributed by atoms with E-state index in [1.54, 1.807) is 31.3 Å². The predicted octanol–water partition coefficient (Wildman–Crippen LogP) is 5.25. The number of nitrogens with one attached hydrogen (secondary N) is 6. The Hall–Kier alpha value is -5.77. The molecule has 0 saturated heterocycles. The van der Waals surface area contributed by atoms with E-state index in [2.05, 4.69) is 46.9 Å². The first-order valence-corrected chi connectivity index (χ1v) is 24.0. The summed E-state index contributed by atoms with van der Waals surface area (Å²) < 4.78 is 0. The highest BCUT2D eigenvalue weighted by molar-refractivity contribution is 7.99. The number of carbonyl (C=O) groups excluding carboxylic acids is 6. The number of carbonyl (C=O) groups is 6. The second-order valence-corrected chi connectivity index (χ2v) is 17.5. The maximum atomic E-state index is 14.3. The normalized spacial score (nSPS) is 12.0. The molecule has 3 rings (SSSR count). The second-order valence-electron chi connectivity index (χ2n) is 14.4. The van der Waals surface area contributed by atoms with Crippen molar-refractivity contribution in [1.29, 1.82) is 0 Å². The first-order valence-electron chi connectivity index (χ1n) is 21.3. The van der Waals surface area contributed by atoms with Gasteiger partial charge in [0.1, 0.15) is 5.70 Å². The number of amides is 6. The van der Waals surface area contributed by atoms with E-state index in [0.29, 0.717) is 115 Å². The summed E-state index contributed by atoms with van der Waals surface area (Å²) >= 11 is 15.7. The van der Waals surface area contributed by atoms with E-state index in [1.165, 1.54) is 35.7 Å². The van der Waals surface area contributed by atoms with Crippen LogP contribution >= 0.6 is 46.7 Å². The Balaban J connectivity index is 1.93. The van der Waals surface area contributed by atoms with Crippen LogP contribution in [0.4, 0.5) is 22.7 Å². The van der Waals surface area contributed by atoms with Crippen LogP contribution in [0, 0.1) is 0 Å². The summed E-state index contributed by atoms with van der Waals surface area (Å²) in [5.74, 6) is -1.18. The van der Waals surface area contributed by atoms with Crippen molar-refractivity contribution in [3.63, 3.8) is 0 Å². The minimum absolute atomic E-state index is 0.00997. The fourth-order valence-corrected chi connectivity index (χ4v) is 8.45. The molecular formula is C43H59Cl2N13O6S2. The third kappa shape index (κ3) is 19.8. The quantitative estimate of drug-likeness (QED) is 0.0172. The van der Waals surface area contributed by atoms with Gasteiger partial charge in [0.15, 0.2) is 11.9 Å². The lowest BCUT2D eigenvalue weighted by Gasteiger charge is -2.18. The molecule has 2 aromatic rings. The Morgan fingerprint density at radius 2 is 1.20 bits per heavy atom. The number of guanidine groups is 2. The Labute approximate surface area is 403 Å². The molecule has 358 valence electrons. The number of hydrogen-bond donors (Lipinski definition) is 10. The molecule has 0 fully saturated rings. The average Bonchev–Trinajstić information content (AvgIpc) is 3.49. The number of allylic oxidation sites excluding steroid dienone is 1. The molecule has 1 aliphatic rings. The molecule has 6 amide bonds. The van der Waals surface area contributed by atoms with E-state index in [-0.39, 0.29) is 75.9 Å². The molecule has 0 saturated carbocycles. The Bertz CT molecular complexity index is 2210. The molecule has 0 atom stereocenters. The Morgan fingerprint density at radius 3 is 1.71 bits per heavy atom. The minimum atomic E-state index is -0.669. The lowest BCUT2D eigenvalue weighted by Crippen LogP contribution is -2.24. The van der Waals surface area contributed by atoms with Gasteiger partial charge in [-0.05, 0) is 62.4 Å². The molecule has 1 aliphatic heterocycles. The van der Waals surface area contributed by atoms with E-state index in [0.717, 1.165) is 6.42 Å². The molecule has 0 radical (unpaired) electrons. The van der Waals surface area contributed by atoms with Gasteiger partial charge in [0, 0.05) is 85.2 Å². The molecule has 0 aromatic heterocycles. The van der Waals surface area contributed by atoms with Crippen LogP contribution in [0.1, 0.15) is 78.1 Å². The fraction of sp³-hybridized carbons (Fsp3) is 0.419. The zero-order chi connectivity index (χ0) is 48.4. The molecular weight excluding hydrogens is 930 g/mol. The van der Waals surface area contributed by atoms with Gasteiger partial charge in [0.2, 0.25) is 24.1 Å². The SMILES string of the molecule is CCC(=O)NCCSc1c(NC(=O)CCCCN=C(N)N)cc(Cl)cc1NC(=O)C1=CC(C(=O)Nc2cc(Cl)cc(NC(=O)CCCCCN=C(N)N)c2SCCNC=O)=C(CC)CC=N1. The molecule has 19 nitrogen and oxygen atoms in total. The third-order valence-corrected chi connectivity index (χ3v) is 12.0. The molecule has 0 aliphatic carbocycles. The van der Waals surface area contributed by atoms with E-state index >= 15 is 0 Å². The topological polar surface area (TPSA) is 316 Å². The van der Waals surface area contributed by atoms with E-state index < -0.39 is 11.8 Å². The zero-order valence-corrected chi connectivity index (χ0v) is 40.2. The van der Waals surface area contributed by atoms with Crippen molar-refractivity contribution in [2.24, 2.45) is 37.9 Å². The van der Waals surface area contributed by atoms with Gasteiger partial charge in [-0.2, -0.15) is 0 Å². The number of halogens is 2. The first kappa shape index (κ1) is 54.6. The molecule has 2 aromatic carbocycles. The van der Waals surface area contributed by atoms with Crippen molar-refractivity contribution in [3.05, 3.63) is 57.2 Å². The average molecular weight is 989 g/mol. The van der Waals surface area contributed by atoms with Crippen LogP contribution in [0.15, 0.2) is 72.0 Å². The molecule has 23 heteroatoms. The van der Waals surface area contributed by atoms with Gasteiger partial charge in [-0.15, -0.1) is 23.5 Å². The summed E-state index contributed by atoms with van der Waals surface area (Å²) in [6.45, 7) is 5.06. The maximum Gasteiger partial charge on any atom is 0.274 e. The lowest BCUT2D eigenvalue weighted by atomic mass is 10.0. The second kappa shape index (κ2) is 29.7. The van der Waals surface area contributed by atoms with Gasteiger partial charge in [-0.3, -0.25) is 43.7 Å². The number of rotatable bonds is 28. The van der Waals surface area contributed by atoms with Crippen molar-refractivity contribution in [2.45, 2.75) is 87.8 Å². The maximum absolute atomic E-state index is 14.3. The monoisotopic (exact) mass is 987 g/mol. The Morgan fingerprint density at radius 1 is 0.697 bits per heavy atom. The van der Waals surface area contributed by atoms with Crippen LogP contribution in [0.25, 0.3) is 0 Å². The molecule has 0 bridgehead atoms. The molecule has 14 N–H and O–H groups in total. The van der Waals surface area contributed by atoms with Crippen molar-refractivity contribution in [2.75, 3.05) is 59.0 Å². The van der Waals surface area contributed by atoms with Crippen molar-refractivity contribution < 1.29 is 28.8 Å². The van der Waals surface area contributed by atoms with E-state index in [1.807, 2.05) is 6.92 Å². The molecule has 66 heavy (non-hydrogen) atoms. The van der Waals surface area contributed by atoms with Crippen LogP contribution in [-0.4, -0.2) is 91.8 Å². The summed E-state index contributed by atoms with van der Waals surface area (Å²) in [5, 5.41) is 17.5. The Kier molecular flexibility index (Phi) is 24.6. The van der Waals surface area contributed by atoms with Crippen LogP contribution in [-0.2, 0) is 28.8 Å². The lowest BCUT2D eigenvalue weighted by molar-refractivity contribution is -0.121. The number of thioether (sulfide) groups is 2. The highest BCUT2D eigenvalue weighted by Crippen LogP contribution is 2.40. The van der Waals surface area contributed by atoms with Gasteiger partial charge in [0.25, 0.3) is 11.8 Å². The number of nitrogens with zero attached hydrogens (tertiary/aromatic N) is 3. The summed E-state index contributed by atoms with van der Waals surface area (Å²) in [6, 6.07) is 6.24. The van der Waals surface area contributed by atoms with Crippen molar-refractivity contribution in [1.82, 2.24) is 10.6 Å². The summed E-state index contributed by atoms with van der Waals surface area (Å²) in [5.41, 5.74) is 23.6. The molecule has 0 spiro atoms. The summed E-state index contributed by atoms with van der Waals surface area (Å²) in [6.07, 6.45) is 8.00. The van der Waals surface area contributed by atoms with Crippen LogP contribution in [0.3, 0.4) is 0 Å². The van der Waals surface area contributed by atoms with Crippen molar-refractivity contribution >= 4 is 124 Å². The largest absolute Gasteiger partial charge is 0.370 e. The number of unbranched alkanes of at least 4 members (excludes halogenated alkanes) is 3. The van der Waals surface area contributed by atoms with Gasteiger partial charge >= 0.3 is 0 Å². The van der Waals surface area contributed by atoms with Crippen LogP contribution in [0.5, 0.6) is 0 Å². The van der Waals surface area contributed by atoms with E-state index in [4.69, 9.17) is 46.1 Å². The number of benzene rings is 2. The van der Waals surface area contributed by atoms with Gasteiger partial charge in [-0.1, -0.05) is 49.0 Å².